The number of carbonyl (C=O) groups excluding carboxylic acids is 1. The molecule has 3 heteroatoms. The molecule has 0 N–H and O–H groups in total. The Balaban J connectivity index is 2.62. The Kier molecular flexibility index (Phi) is 3.90. The minimum absolute atomic E-state index is 0.00269. The highest BCUT2D eigenvalue weighted by molar-refractivity contribution is 5.78. The minimum atomic E-state index is -0.0457. The van der Waals surface area contributed by atoms with Crippen LogP contribution in [0.1, 0.15) is 26.7 Å². The molecule has 15 heavy (non-hydrogen) atoms. The van der Waals surface area contributed by atoms with E-state index in [4.69, 9.17) is 5.26 Å². The molecule has 1 amide bonds. The fourth-order valence-corrected chi connectivity index (χ4v) is 2.12. The third-order valence-corrected chi connectivity index (χ3v) is 3.17. The molecule has 0 bridgehead atoms. The first-order valence-electron chi connectivity index (χ1n) is 5.36. The number of rotatable bonds is 2. The Morgan fingerprint density at radius 1 is 1.67 bits per heavy atom. The summed E-state index contributed by atoms with van der Waals surface area (Å²) in [5.74, 6) is 0.936. The van der Waals surface area contributed by atoms with Crippen LogP contribution in [0.2, 0.25) is 0 Å². The topological polar surface area (TPSA) is 44.1 Å². The summed E-state index contributed by atoms with van der Waals surface area (Å²) in [5, 5.41) is 8.48. The van der Waals surface area contributed by atoms with Gasteiger partial charge in [-0.25, -0.2) is 0 Å². The van der Waals surface area contributed by atoms with E-state index in [-0.39, 0.29) is 12.3 Å². The summed E-state index contributed by atoms with van der Waals surface area (Å²) in [6, 6.07) is 1.91. The van der Waals surface area contributed by atoms with Crippen molar-refractivity contribution in [2.24, 2.45) is 11.8 Å². The van der Waals surface area contributed by atoms with Gasteiger partial charge in [-0.2, -0.15) is 5.26 Å². The minimum Gasteiger partial charge on any atom is -0.341 e. The lowest BCUT2D eigenvalue weighted by molar-refractivity contribution is -0.132. The number of likely N-dealkylation sites (tertiary alicyclic amines) is 1. The molecule has 0 radical (unpaired) electrons. The zero-order chi connectivity index (χ0) is 11.4. The third-order valence-electron chi connectivity index (χ3n) is 3.17. The van der Waals surface area contributed by atoms with Crippen LogP contribution in [0.25, 0.3) is 0 Å². The number of hydrogen-bond acceptors (Lipinski definition) is 2. The van der Waals surface area contributed by atoms with Crippen LogP contribution in [0.5, 0.6) is 0 Å². The second kappa shape index (κ2) is 4.97. The lowest BCUT2D eigenvalue weighted by atomic mass is 9.83. The molecule has 1 aliphatic heterocycles. The number of amides is 1. The number of nitrogens with zero attached hydrogens (tertiary/aromatic N) is 2. The average molecular weight is 206 g/mol. The lowest BCUT2D eigenvalue weighted by Crippen LogP contribution is -2.43. The normalized spacial score (nSPS) is 25.8. The van der Waals surface area contributed by atoms with Crippen LogP contribution in [0, 0.1) is 23.2 Å². The maximum atomic E-state index is 11.5. The summed E-state index contributed by atoms with van der Waals surface area (Å²) in [5.41, 5.74) is 1.14. The lowest BCUT2D eigenvalue weighted by Gasteiger charge is -2.37. The van der Waals surface area contributed by atoms with E-state index < -0.39 is 0 Å². The van der Waals surface area contributed by atoms with E-state index in [0.29, 0.717) is 11.8 Å². The van der Waals surface area contributed by atoms with Crippen LogP contribution in [0.4, 0.5) is 0 Å². The van der Waals surface area contributed by atoms with Gasteiger partial charge in [0.05, 0.1) is 6.07 Å². The molecule has 1 heterocycles. The van der Waals surface area contributed by atoms with E-state index in [2.05, 4.69) is 13.5 Å². The zero-order valence-corrected chi connectivity index (χ0v) is 9.49. The molecular weight excluding hydrogens is 188 g/mol. The van der Waals surface area contributed by atoms with Crippen molar-refractivity contribution in [2.45, 2.75) is 26.7 Å². The van der Waals surface area contributed by atoms with Gasteiger partial charge >= 0.3 is 0 Å². The highest BCUT2D eigenvalue weighted by Gasteiger charge is 2.28. The van der Waals surface area contributed by atoms with Crippen molar-refractivity contribution >= 4 is 5.91 Å². The summed E-state index contributed by atoms with van der Waals surface area (Å²) in [6.07, 6.45) is 1.01. The predicted octanol–water partition coefficient (Wildman–Crippen LogP) is 1.96. The summed E-state index contributed by atoms with van der Waals surface area (Å²) in [4.78, 5) is 13.3. The molecule has 0 aromatic carbocycles. The van der Waals surface area contributed by atoms with Gasteiger partial charge < -0.3 is 4.90 Å². The fraction of sp³-hybridized carbons (Fsp3) is 0.667. The smallest absolute Gasteiger partial charge is 0.236 e. The van der Waals surface area contributed by atoms with Crippen molar-refractivity contribution in [3.8, 4) is 6.07 Å². The Labute approximate surface area is 91.4 Å². The summed E-state index contributed by atoms with van der Waals surface area (Å²) in [6.45, 7) is 9.70. The molecule has 0 saturated carbocycles. The molecule has 1 saturated heterocycles. The van der Waals surface area contributed by atoms with Crippen LogP contribution in [-0.4, -0.2) is 23.9 Å². The highest BCUT2D eigenvalue weighted by atomic mass is 16.2. The van der Waals surface area contributed by atoms with E-state index in [1.54, 1.807) is 4.90 Å². The summed E-state index contributed by atoms with van der Waals surface area (Å²) in [7, 11) is 0. The molecular formula is C12H18N2O. The first-order chi connectivity index (χ1) is 7.06. The number of hydrogen-bond donors (Lipinski definition) is 0. The molecule has 82 valence electrons. The molecule has 3 nitrogen and oxygen atoms in total. The molecule has 0 aromatic heterocycles. The number of nitriles is 1. The van der Waals surface area contributed by atoms with Crippen molar-refractivity contribution in [3.05, 3.63) is 12.2 Å². The maximum Gasteiger partial charge on any atom is 0.236 e. The number of piperidine rings is 1. The second-order valence-electron chi connectivity index (χ2n) is 4.39. The Hall–Kier alpha value is -1.30. The average Bonchev–Trinajstić information content (AvgIpc) is 2.18. The van der Waals surface area contributed by atoms with Crippen molar-refractivity contribution in [1.82, 2.24) is 4.90 Å². The van der Waals surface area contributed by atoms with E-state index in [1.807, 2.05) is 13.0 Å². The molecule has 1 aliphatic rings. The standard InChI is InChI=1S/C12H18N2O/c1-9(2)11-8-14(7-5-10(11)3)12(15)4-6-13/h10-11H,1,4-5,7-8H2,2-3H3. The van der Waals surface area contributed by atoms with Crippen molar-refractivity contribution in [3.63, 3.8) is 0 Å². The van der Waals surface area contributed by atoms with E-state index >= 15 is 0 Å². The van der Waals surface area contributed by atoms with Gasteiger partial charge in [-0.3, -0.25) is 4.79 Å². The van der Waals surface area contributed by atoms with Gasteiger partial charge in [0.1, 0.15) is 6.42 Å². The van der Waals surface area contributed by atoms with Crippen LogP contribution >= 0.6 is 0 Å². The Morgan fingerprint density at radius 3 is 2.87 bits per heavy atom. The molecule has 1 fully saturated rings. The van der Waals surface area contributed by atoms with Gasteiger partial charge in [0, 0.05) is 13.1 Å². The summed E-state index contributed by atoms with van der Waals surface area (Å²) >= 11 is 0. The van der Waals surface area contributed by atoms with E-state index in [1.165, 1.54) is 0 Å². The SMILES string of the molecule is C=C(C)C1CN(C(=O)CC#N)CCC1C. The predicted molar refractivity (Wildman–Crippen MR) is 58.9 cm³/mol. The maximum absolute atomic E-state index is 11.5. The monoisotopic (exact) mass is 206 g/mol. The van der Waals surface area contributed by atoms with Crippen molar-refractivity contribution in [1.29, 1.82) is 5.26 Å². The third kappa shape index (κ3) is 2.82. The van der Waals surface area contributed by atoms with E-state index in [0.717, 1.165) is 25.1 Å². The zero-order valence-electron chi connectivity index (χ0n) is 9.49. The fourth-order valence-electron chi connectivity index (χ4n) is 2.12. The van der Waals surface area contributed by atoms with Gasteiger partial charge in [-0.1, -0.05) is 19.1 Å². The molecule has 0 aliphatic carbocycles. The van der Waals surface area contributed by atoms with Crippen LogP contribution in [-0.2, 0) is 4.79 Å². The summed E-state index contributed by atoms with van der Waals surface area (Å²) < 4.78 is 0. The second-order valence-corrected chi connectivity index (χ2v) is 4.39. The van der Waals surface area contributed by atoms with Gasteiger partial charge in [0.2, 0.25) is 5.91 Å². The molecule has 2 unspecified atom stereocenters. The molecule has 2 atom stereocenters. The van der Waals surface area contributed by atoms with Gasteiger partial charge in [0.15, 0.2) is 0 Å². The first kappa shape index (κ1) is 11.8. The number of carbonyl (C=O) groups is 1. The van der Waals surface area contributed by atoms with Gasteiger partial charge in [0.25, 0.3) is 0 Å². The van der Waals surface area contributed by atoms with Gasteiger partial charge in [-0.05, 0) is 25.2 Å². The van der Waals surface area contributed by atoms with Crippen LogP contribution in [0.15, 0.2) is 12.2 Å². The Bertz CT molecular complexity index is 303. The molecule has 0 spiro atoms. The largest absolute Gasteiger partial charge is 0.341 e. The van der Waals surface area contributed by atoms with Crippen LogP contribution < -0.4 is 0 Å². The highest BCUT2D eigenvalue weighted by Crippen LogP contribution is 2.28. The molecule has 1 rings (SSSR count). The Morgan fingerprint density at radius 2 is 2.33 bits per heavy atom. The van der Waals surface area contributed by atoms with Crippen LogP contribution in [0.3, 0.4) is 0 Å². The van der Waals surface area contributed by atoms with Gasteiger partial charge in [-0.15, -0.1) is 0 Å². The molecule has 0 aromatic rings. The van der Waals surface area contributed by atoms with Crippen molar-refractivity contribution in [2.75, 3.05) is 13.1 Å². The quantitative estimate of drug-likeness (QED) is 0.648. The van der Waals surface area contributed by atoms with E-state index in [9.17, 15) is 4.79 Å². The first-order valence-corrected chi connectivity index (χ1v) is 5.36. The van der Waals surface area contributed by atoms with Crippen molar-refractivity contribution < 1.29 is 4.79 Å².